The van der Waals surface area contributed by atoms with Gasteiger partial charge in [0.25, 0.3) is 0 Å². The molecular weight excluding hydrogens is 550 g/mol. The summed E-state index contributed by atoms with van der Waals surface area (Å²) in [5, 5.41) is 0. The fourth-order valence-corrected chi connectivity index (χ4v) is 6.82. The first-order chi connectivity index (χ1) is 19.4. The minimum absolute atomic E-state index is 0.120. The van der Waals surface area contributed by atoms with E-state index in [2.05, 4.69) is 4.72 Å². The van der Waals surface area contributed by atoms with E-state index in [4.69, 9.17) is 18.9 Å². The highest BCUT2D eigenvalue weighted by molar-refractivity contribution is 7.99. The Labute approximate surface area is 240 Å². The molecule has 10 heteroatoms. The summed E-state index contributed by atoms with van der Waals surface area (Å²) < 4.78 is 54.3. The van der Waals surface area contributed by atoms with Crippen molar-refractivity contribution in [3.63, 3.8) is 0 Å². The van der Waals surface area contributed by atoms with Crippen LogP contribution in [0.15, 0.2) is 95.9 Å². The molecule has 3 aromatic carbocycles. The highest BCUT2D eigenvalue weighted by Crippen LogP contribution is 2.33. The van der Waals surface area contributed by atoms with Crippen LogP contribution >= 0.6 is 11.8 Å². The van der Waals surface area contributed by atoms with Crippen molar-refractivity contribution in [2.45, 2.75) is 61.7 Å². The molecule has 3 aromatic rings. The van der Waals surface area contributed by atoms with Gasteiger partial charge in [-0.15, -0.1) is 11.8 Å². The highest BCUT2D eigenvalue weighted by Gasteiger charge is 2.50. The van der Waals surface area contributed by atoms with Crippen LogP contribution < -0.4 is 4.72 Å². The molecule has 0 aliphatic carbocycles. The van der Waals surface area contributed by atoms with Crippen molar-refractivity contribution in [1.29, 1.82) is 0 Å². The molecule has 1 fully saturated rings. The molecule has 1 aliphatic rings. The lowest BCUT2D eigenvalue weighted by Gasteiger charge is -2.45. The second kappa shape index (κ2) is 14.8. The van der Waals surface area contributed by atoms with E-state index >= 15 is 0 Å². The average Bonchev–Trinajstić information content (AvgIpc) is 2.96. The molecule has 1 saturated heterocycles. The Morgan fingerprint density at radius 2 is 1.45 bits per heavy atom. The van der Waals surface area contributed by atoms with Crippen LogP contribution in [0.2, 0.25) is 0 Å². The summed E-state index contributed by atoms with van der Waals surface area (Å²) in [4.78, 5) is 12.4. The minimum Gasteiger partial charge on any atom is -0.457 e. The summed E-state index contributed by atoms with van der Waals surface area (Å²) in [5.74, 6) is 0.136. The Morgan fingerprint density at radius 3 is 2.02 bits per heavy atom. The van der Waals surface area contributed by atoms with Gasteiger partial charge in [0.05, 0.1) is 30.8 Å². The van der Waals surface area contributed by atoms with Gasteiger partial charge in [0, 0.05) is 6.92 Å². The number of nitrogens with one attached hydrogen (secondary N) is 1. The standard InChI is InChI=1S/C30H35NO7S2/c1-3-39-30-27(31-40(33,34)25-17-11-6-12-18-25)29(36-20-24-15-9-5-10-16-24)28(37-22(2)32)26(38-30)21-35-19-23-13-7-4-8-14-23/h4-18,26-31H,3,19-21H2,1-2H3/t26-,27-,28-,29-,30+/m1/s1. The number of esters is 1. The van der Waals surface area contributed by atoms with Crippen LogP contribution in [0.3, 0.4) is 0 Å². The van der Waals surface area contributed by atoms with Crippen LogP contribution in [-0.4, -0.2) is 56.5 Å². The van der Waals surface area contributed by atoms with Gasteiger partial charge in [-0.1, -0.05) is 85.8 Å². The number of ether oxygens (including phenoxy) is 4. The quantitative estimate of drug-likeness (QED) is 0.292. The number of hydrogen-bond acceptors (Lipinski definition) is 8. The van der Waals surface area contributed by atoms with Crippen molar-refractivity contribution < 1.29 is 32.2 Å². The monoisotopic (exact) mass is 585 g/mol. The zero-order valence-corrected chi connectivity index (χ0v) is 24.2. The highest BCUT2D eigenvalue weighted by atomic mass is 32.2. The van der Waals surface area contributed by atoms with Gasteiger partial charge < -0.3 is 18.9 Å². The first kappa shape index (κ1) is 30.2. The fraction of sp³-hybridized carbons (Fsp3) is 0.367. The first-order valence-electron chi connectivity index (χ1n) is 13.2. The van der Waals surface area contributed by atoms with Crippen LogP contribution in [0.5, 0.6) is 0 Å². The van der Waals surface area contributed by atoms with Crippen molar-refractivity contribution in [2.75, 3.05) is 12.4 Å². The SMILES string of the molecule is CCS[C@@H]1O[C@H](COCc2ccccc2)[C@@H](OC(C)=O)[C@H](OCc2ccccc2)[C@H]1NS(=O)(=O)c1ccccc1. The molecule has 0 bridgehead atoms. The molecule has 4 rings (SSSR count). The van der Waals surface area contributed by atoms with Crippen LogP contribution in [-0.2, 0) is 47.0 Å². The van der Waals surface area contributed by atoms with E-state index < -0.39 is 45.8 Å². The Balaban J connectivity index is 1.64. The molecule has 0 radical (unpaired) electrons. The summed E-state index contributed by atoms with van der Waals surface area (Å²) in [6.07, 6.45) is -2.46. The van der Waals surface area contributed by atoms with E-state index in [1.165, 1.54) is 30.8 Å². The third-order valence-corrected chi connectivity index (χ3v) is 8.84. The van der Waals surface area contributed by atoms with Crippen LogP contribution in [0, 0.1) is 0 Å². The topological polar surface area (TPSA) is 100 Å². The van der Waals surface area contributed by atoms with Crippen LogP contribution in [0.25, 0.3) is 0 Å². The third-order valence-electron chi connectivity index (χ3n) is 6.30. The van der Waals surface area contributed by atoms with Gasteiger partial charge in [-0.3, -0.25) is 4.79 Å². The lowest BCUT2D eigenvalue weighted by molar-refractivity contribution is -0.211. The van der Waals surface area contributed by atoms with Crippen molar-refractivity contribution in [2.24, 2.45) is 0 Å². The molecule has 214 valence electrons. The first-order valence-corrected chi connectivity index (χ1v) is 15.7. The Bertz CT molecular complexity index is 1290. The van der Waals surface area contributed by atoms with E-state index in [0.717, 1.165) is 11.1 Å². The predicted molar refractivity (Wildman–Crippen MR) is 154 cm³/mol. The lowest BCUT2D eigenvalue weighted by Crippen LogP contribution is -2.65. The van der Waals surface area contributed by atoms with Crippen LogP contribution in [0.4, 0.5) is 0 Å². The lowest BCUT2D eigenvalue weighted by atomic mass is 9.98. The van der Waals surface area contributed by atoms with E-state index in [1.807, 2.05) is 67.6 Å². The second-order valence-corrected chi connectivity index (χ2v) is 12.4. The molecule has 0 unspecified atom stereocenters. The smallest absolute Gasteiger partial charge is 0.303 e. The number of hydrogen-bond donors (Lipinski definition) is 1. The maximum Gasteiger partial charge on any atom is 0.303 e. The van der Waals surface area contributed by atoms with Crippen molar-refractivity contribution in [1.82, 2.24) is 4.72 Å². The molecule has 8 nitrogen and oxygen atoms in total. The van der Waals surface area contributed by atoms with Crippen molar-refractivity contribution >= 4 is 27.8 Å². The van der Waals surface area contributed by atoms with E-state index in [1.54, 1.807) is 18.2 Å². The second-order valence-electron chi connectivity index (χ2n) is 9.29. The minimum atomic E-state index is -3.94. The fourth-order valence-electron chi connectivity index (χ4n) is 4.48. The zero-order chi connectivity index (χ0) is 28.4. The van der Waals surface area contributed by atoms with Gasteiger partial charge in [-0.2, -0.15) is 0 Å². The van der Waals surface area contributed by atoms with Gasteiger partial charge in [0.15, 0.2) is 6.10 Å². The Hall–Kier alpha value is -2.73. The molecule has 0 aromatic heterocycles. The molecule has 1 N–H and O–H groups in total. The molecule has 40 heavy (non-hydrogen) atoms. The molecule has 0 saturated carbocycles. The predicted octanol–water partition coefficient (Wildman–Crippen LogP) is 4.55. The van der Waals surface area contributed by atoms with Gasteiger partial charge in [0.2, 0.25) is 10.0 Å². The van der Waals surface area contributed by atoms with E-state index in [-0.39, 0.29) is 18.1 Å². The largest absolute Gasteiger partial charge is 0.457 e. The number of carbonyl (C=O) groups is 1. The van der Waals surface area contributed by atoms with Crippen LogP contribution in [0.1, 0.15) is 25.0 Å². The van der Waals surface area contributed by atoms with E-state index in [0.29, 0.717) is 12.4 Å². The summed E-state index contributed by atoms with van der Waals surface area (Å²) in [7, 11) is -3.94. The molecule has 1 heterocycles. The molecule has 1 aliphatic heterocycles. The molecule has 0 amide bonds. The molecular formula is C30H35NO7S2. The third kappa shape index (κ3) is 8.39. The van der Waals surface area contributed by atoms with Gasteiger partial charge >= 0.3 is 5.97 Å². The Kier molecular flexibility index (Phi) is 11.2. The normalized spacial score (nSPS) is 23.0. The number of thioether (sulfide) groups is 1. The van der Waals surface area contributed by atoms with E-state index in [9.17, 15) is 13.2 Å². The Morgan fingerprint density at radius 1 is 0.875 bits per heavy atom. The maximum absolute atomic E-state index is 13.4. The number of rotatable bonds is 13. The maximum atomic E-state index is 13.4. The zero-order valence-electron chi connectivity index (χ0n) is 22.5. The van der Waals surface area contributed by atoms with Gasteiger partial charge in [0.1, 0.15) is 17.6 Å². The van der Waals surface area contributed by atoms with Gasteiger partial charge in [-0.25, -0.2) is 13.1 Å². The average molecular weight is 586 g/mol. The summed E-state index contributed by atoms with van der Waals surface area (Å²) in [5.41, 5.74) is 1.27. The van der Waals surface area contributed by atoms with Crippen molar-refractivity contribution in [3.05, 3.63) is 102 Å². The van der Waals surface area contributed by atoms with Gasteiger partial charge in [-0.05, 0) is 29.0 Å². The van der Waals surface area contributed by atoms with Crippen molar-refractivity contribution in [3.8, 4) is 0 Å². The number of sulfonamides is 1. The summed E-state index contributed by atoms with van der Waals surface area (Å²) in [6, 6.07) is 26.5. The molecule has 0 spiro atoms. The summed E-state index contributed by atoms with van der Waals surface area (Å²) in [6.45, 7) is 3.94. The molecule has 5 atom stereocenters. The number of benzene rings is 3. The number of carbonyl (C=O) groups excluding carboxylic acids is 1. The summed E-state index contributed by atoms with van der Waals surface area (Å²) >= 11 is 1.45.